The van der Waals surface area contributed by atoms with Gasteiger partial charge in [0.2, 0.25) is 0 Å². The molecule has 14 heavy (non-hydrogen) atoms. The van der Waals surface area contributed by atoms with Gasteiger partial charge in [0.25, 0.3) is 0 Å². The molecular weight excluding hydrogens is 176 g/mol. The molecule has 0 fully saturated rings. The second-order valence-corrected chi connectivity index (χ2v) is 3.07. The minimum absolute atomic E-state index is 0.175. The molecule has 0 radical (unpaired) electrons. The monoisotopic (exact) mass is 186 g/mol. The molecule has 2 aromatic rings. The summed E-state index contributed by atoms with van der Waals surface area (Å²) in [6, 6.07) is 5.49. The SMILES string of the molecule is Cc1ncc(O)cc1-c1cccnc1. The van der Waals surface area contributed by atoms with Gasteiger partial charge in [0.1, 0.15) is 5.75 Å². The van der Waals surface area contributed by atoms with Crippen LogP contribution in [0.5, 0.6) is 5.75 Å². The summed E-state index contributed by atoms with van der Waals surface area (Å²) < 4.78 is 0. The third kappa shape index (κ3) is 1.57. The van der Waals surface area contributed by atoms with Gasteiger partial charge in [0.05, 0.1) is 6.20 Å². The van der Waals surface area contributed by atoms with Crippen molar-refractivity contribution in [1.82, 2.24) is 9.97 Å². The lowest BCUT2D eigenvalue weighted by Gasteiger charge is -2.04. The molecule has 3 heteroatoms. The summed E-state index contributed by atoms with van der Waals surface area (Å²) in [5.74, 6) is 0.175. The number of nitrogens with zero attached hydrogens (tertiary/aromatic N) is 2. The summed E-state index contributed by atoms with van der Waals surface area (Å²) in [6.07, 6.45) is 4.91. The smallest absolute Gasteiger partial charge is 0.134 e. The summed E-state index contributed by atoms with van der Waals surface area (Å²) in [4.78, 5) is 8.10. The Hall–Kier alpha value is -1.90. The Labute approximate surface area is 82.1 Å². The summed E-state index contributed by atoms with van der Waals surface area (Å²) in [5, 5.41) is 9.32. The summed E-state index contributed by atoms with van der Waals surface area (Å²) in [5.41, 5.74) is 2.77. The number of pyridine rings is 2. The lowest BCUT2D eigenvalue weighted by atomic mass is 10.1. The van der Waals surface area contributed by atoms with E-state index < -0.39 is 0 Å². The van der Waals surface area contributed by atoms with Crippen LogP contribution >= 0.6 is 0 Å². The van der Waals surface area contributed by atoms with E-state index in [1.165, 1.54) is 6.20 Å². The Kier molecular flexibility index (Phi) is 2.14. The van der Waals surface area contributed by atoms with Gasteiger partial charge in [-0.1, -0.05) is 6.07 Å². The van der Waals surface area contributed by atoms with Crippen molar-refractivity contribution in [3.63, 3.8) is 0 Å². The third-order valence-corrected chi connectivity index (χ3v) is 2.05. The second-order valence-electron chi connectivity index (χ2n) is 3.07. The van der Waals surface area contributed by atoms with Gasteiger partial charge in [-0.15, -0.1) is 0 Å². The van der Waals surface area contributed by atoms with Crippen molar-refractivity contribution in [3.05, 3.63) is 42.5 Å². The predicted molar refractivity (Wildman–Crippen MR) is 53.9 cm³/mol. The maximum absolute atomic E-state index is 9.32. The molecule has 0 unspecified atom stereocenters. The molecule has 0 atom stereocenters. The molecule has 2 aromatic heterocycles. The first-order valence-electron chi connectivity index (χ1n) is 4.33. The Morgan fingerprint density at radius 1 is 1.29 bits per heavy atom. The van der Waals surface area contributed by atoms with E-state index in [9.17, 15) is 5.11 Å². The number of aromatic hydroxyl groups is 1. The highest BCUT2D eigenvalue weighted by Gasteiger charge is 2.03. The van der Waals surface area contributed by atoms with Crippen LogP contribution in [0.2, 0.25) is 0 Å². The van der Waals surface area contributed by atoms with Crippen LogP contribution in [0.3, 0.4) is 0 Å². The van der Waals surface area contributed by atoms with Gasteiger partial charge in [-0.2, -0.15) is 0 Å². The van der Waals surface area contributed by atoms with E-state index >= 15 is 0 Å². The van der Waals surface area contributed by atoms with Crippen molar-refractivity contribution in [2.75, 3.05) is 0 Å². The number of rotatable bonds is 1. The average molecular weight is 186 g/mol. The van der Waals surface area contributed by atoms with Crippen molar-refractivity contribution < 1.29 is 5.11 Å². The van der Waals surface area contributed by atoms with Crippen molar-refractivity contribution in [1.29, 1.82) is 0 Å². The largest absolute Gasteiger partial charge is 0.506 e. The fraction of sp³-hybridized carbons (Fsp3) is 0.0909. The molecule has 1 N–H and O–H groups in total. The van der Waals surface area contributed by atoms with Crippen LogP contribution in [0, 0.1) is 6.92 Å². The molecule has 0 aliphatic carbocycles. The van der Waals surface area contributed by atoms with Crippen LogP contribution in [0.15, 0.2) is 36.8 Å². The van der Waals surface area contributed by atoms with Crippen LogP contribution in [-0.2, 0) is 0 Å². The minimum atomic E-state index is 0.175. The molecule has 0 saturated heterocycles. The molecular formula is C11H10N2O. The van der Waals surface area contributed by atoms with Gasteiger partial charge < -0.3 is 5.11 Å². The van der Waals surface area contributed by atoms with Crippen molar-refractivity contribution in [2.24, 2.45) is 0 Å². The van der Waals surface area contributed by atoms with Gasteiger partial charge >= 0.3 is 0 Å². The van der Waals surface area contributed by atoms with E-state index in [2.05, 4.69) is 9.97 Å². The van der Waals surface area contributed by atoms with Crippen LogP contribution in [0.4, 0.5) is 0 Å². The highest BCUT2D eigenvalue weighted by atomic mass is 16.3. The fourth-order valence-electron chi connectivity index (χ4n) is 1.34. The van der Waals surface area contributed by atoms with Crippen LogP contribution in [0.25, 0.3) is 11.1 Å². The molecule has 0 saturated carbocycles. The van der Waals surface area contributed by atoms with Crippen LogP contribution in [-0.4, -0.2) is 15.1 Å². The highest BCUT2D eigenvalue weighted by molar-refractivity contribution is 5.65. The average Bonchev–Trinajstić information content (AvgIpc) is 2.23. The van der Waals surface area contributed by atoms with E-state index in [4.69, 9.17) is 0 Å². The molecule has 2 heterocycles. The molecule has 2 rings (SSSR count). The van der Waals surface area contributed by atoms with E-state index in [-0.39, 0.29) is 5.75 Å². The minimum Gasteiger partial charge on any atom is -0.506 e. The number of hydrogen-bond acceptors (Lipinski definition) is 3. The number of aryl methyl sites for hydroxylation is 1. The molecule has 0 aliphatic rings. The zero-order valence-electron chi connectivity index (χ0n) is 7.81. The Morgan fingerprint density at radius 3 is 2.86 bits per heavy atom. The highest BCUT2D eigenvalue weighted by Crippen LogP contribution is 2.24. The number of aromatic nitrogens is 2. The lowest BCUT2D eigenvalue weighted by Crippen LogP contribution is -1.87. The first-order valence-corrected chi connectivity index (χ1v) is 4.33. The Balaban J connectivity index is 2.57. The van der Waals surface area contributed by atoms with Gasteiger partial charge in [-0.25, -0.2) is 0 Å². The second kappa shape index (κ2) is 3.46. The molecule has 0 bridgehead atoms. The van der Waals surface area contributed by atoms with Crippen LogP contribution in [0.1, 0.15) is 5.69 Å². The topological polar surface area (TPSA) is 46.0 Å². The zero-order valence-corrected chi connectivity index (χ0v) is 7.81. The Bertz CT molecular complexity index is 440. The maximum atomic E-state index is 9.32. The molecule has 0 aromatic carbocycles. The van der Waals surface area contributed by atoms with E-state index in [0.717, 1.165) is 16.8 Å². The summed E-state index contributed by atoms with van der Waals surface area (Å²) >= 11 is 0. The zero-order chi connectivity index (χ0) is 9.97. The molecule has 0 spiro atoms. The van der Waals surface area contributed by atoms with Crippen molar-refractivity contribution in [3.8, 4) is 16.9 Å². The Morgan fingerprint density at radius 2 is 2.14 bits per heavy atom. The van der Waals surface area contributed by atoms with Gasteiger partial charge in [-0.05, 0) is 19.1 Å². The number of hydrogen-bond donors (Lipinski definition) is 1. The van der Waals surface area contributed by atoms with E-state index in [1.807, 2.05) is 19.1 Å². The molecule has 0 amide bonds. The first-order chi connectivity index (χ1) is 6.77. The third-order valence-electron chi connectivity index (χ3n) is 2.05. The quantitative estimate of drug-likeness (QED) is 0.742. The van der Waals surface area contributed by atoms with Crippen LogP contribution < -0.4 is 0 Å². The van der Waals surface area contributed by atoms with Gasteiger partial charge in [0.15, 0.2) is 0 Å². The van der Waals surface area contributed by atoms with Crippen molar-refractivity contribution >= 4 is 0 Å². The molecule has 0 aliphatic heterocycles. The van der Waals surface area contributed by atoms with Gasteiger partial charge in [-0.3, -0.25) is 9.97 Å². The lowest BCUT2D eigenvalue weighted by molar-refractivity contribution is 0.472. The fourth-order valence-corrected chi connectivity index (χ4v) is 1.34. The van der Waals surface area contributed by atoms with E-state index in [1.54, 1.807) is 18.5 Å². The van der Waals surface area contributed by atoms with E-state index in [0.29, 0.717) is 0 Å². The predicted octanol–water partition coefficient (Wildman–Crippen LogP) is 2.16. The normalized spacial score (nSPS) is 10.1. The molecule has 70 valence electrons. The summed E-state index contributed by atoms with van der Waals surface area (Å²) in [6.45, 7) is 1.90. The van der Waals surface area contributed by atoms with Crippen molar-refractivity contribution in [2.45, 2.75) is 6.92 Å². The van der Waals surface area contributed by atoms with Gasteiger partial charge in [0, 0.05) is 29.2 Å². The molecule has 3 nitrogen and oxygen atoms in total. The first kappa shape index (κ1) is 8.69. The standard InChI is InChI=1S/C11H10N2O/c1-8-11(5-10(14)7-13-8)9-3-2-4-12-6-9/h2-7,14H,1H3. The summed E-state index contributed by atoms with van der Waals surface area (Å²) in [7, 11) is 0. The maximum Gasteiger partial charge on any atom is 0.134 e.